The zero-order valence-electron chi connectivity index (χ0n) is 5.97. The molecular formula is C8H11NO. The van der Waals surface area contributed by atoms with Gasteiger partial charge in [-0.3, -0.25) is 0 Å². The molecule has 0 aromatic rings. The van der Waals surface area contributed by atoms with Crippen molar-refractivity contribution in [3.8, 4) is 6.07 Å². The molecule has 10 heavy (non-hydrogen) atoms. The summed E-state index contributed by atoms with van der Waals surface area (Å²) in [6, 6.07) is 2.27. The van der Waals surface area contributed by atoms with Crippen LogP contribution in [0, 0.1) is 17.2 Å². The first-order valence-electron chi connectivity index (χ1n) is 3.88. The maximum absolute atomic E-state index is 8.52. The van der Waals surface area contributed by atoms with Crippen LogP contribution in [0.3, 0.4) is 0 Å². The van der Waals surface area contributed by atoms with E-state index in [1.165, 1.54) is 12.8 Å². The largest absolute Gasteiger partial charge is 0.375 e. The monoisotopic (exact) mass is 137 g/mol. The first kappa shape index (κ1) is 6.18. The number of hydrogen-bond donors (Lipinski definition) is 0. The average molecular weight is 137 g/mol. The quantitative estimate of drug-likeness (QED) is 0.506. The summed E-state index contributed by atoms with van der Waals surface area (Å²) in [6.07, 6.45) is 4.36. The molecule has 2 rings (SSSR count). The molecule has 0 aromatic carbocycles. The molecule has 0 bridgehead atoms. The minimum atomic E-state index is 0.167. The highest BCUT2D eigenvalue weighted by atomic mass is 16.5. The van der Waals surface area contributed by atoms with Crippen LogP contribution in [0.2, 0.25) is 0 Å². The van der Waals surface area contributed by atoms with Crippen LogP contribution in [-0.4, -0.2) is 12.2 Å². The summed E-state index contributed by atoms with van der Waals surface area (Å²) in [5.74, 6) is 0.290. The van der Waals surface area contributed by atoms with E-state index in [4.69, 9.17) is 10.00 Å². The number of nitriles is 1. The highest BCUT2D eigenvalue weighted by Crippen LogP contribution is 2.46. The van der Waals surface area contributed by atoms with Gasteiger partial charge >= 0.3 is 0 Å². The van der Waals surface area contributed by atoms with Crippen molar-refractivity contribution in [1.29, 1.82) is 5.26 Å². The van der Waals surface area contributed by atoms with E-state index in [0.29, 0.717) is 0 Å². The highest BCUT2D eigenvalue weighted by Gasteiger charge is 2.47. The number of nitrogens with zero attached hydrogens (tertiary/aromatic N) is 1. The molecule has 0 unspecified atom stereocenters. The Balaban J connectivity index is 1.94. The second kappa shape index (κ2) is 1.96. The van der Waals surface area contributed by atoms with Crippen LogP contribution in [0.5, 0.6) is 0 Å². The zero-order valence-corrected chi connectivity index (χ0v) is 5.97. The summed E-state index contributed by atoms with van der Waals surface area (Å²) in [4.78, 5) is 0. The lowest BCUT2D eigenvalue weighted by Crippen LogP contribution is -2.42. The summed E-state index contributed by atoms with van der Waals surface area (Å²) < 4.78 is 5.56. The van der Waals surface area contributed by atoms with Crippen molar-refractivity contribution in [3.63, 3.8) is 0 Å². The van der Waals surface area contributed by atoms with Gasteiger partial charge in [-0.1, -0.05) is 0 Å². The van der Waals surface area contributed by atoms with Gasteiger partial charge in [-0.2, -0.15) is 5.26 Å². The van der Waals surface area contributed by atoms with Gasteiger partial charge in [0, 0.05) is 6.61 Å². The Morgan fingerprint density at radius 3 is 2.80 bits per heavy atom. The molecule has 0 atom stereocenters. The van der Waals surface area contributed by atoms with Crippen molar-refractivity contribution in [1.82, 2.24) is 0 Å². The Morgan fingerprint density at radius 2 is 2.30 bits per heavy atom. The maximum Gasteiger partial charge on any atom is 0.0708 e. The third kappa shape index (κ3) is 0.741. The number of rotatable bonds is 0. The molecule has 2 heteroatoms. The molecule has 2 fully saturated rings. The van der Waals surface area contributed by atoms with Crippen LogP contribution in [0.15, 0.2) is 0 Å². The second-order valence-electron chi connectivity index (χ2n) is 3.37. The average Bonchev–Trinajstić information content (AvgIpc) is 2.30. The molecule has 0 radical (unpaired) electrons. The molecule has 1 saturated carbocycles. The first-order chi connectivity index (χ1) is 4.85. The fourth-order valence-corrected chi connectivity index (χ4v) is 2.01. The molecule has 54 valence electrons. The predicted octanol–water partition coefficient (Wildman–Crippen LogP) is 1.47. The van der Waals surface area contributed by atoms with E-state index in [2.05, 4.69) is 6.07 Å². The van der Waals surface area contributed by atoms with Crippen molar-refractivity contribution in [3.05, 3.63) is 0 Å². The number of hydrogen-bond acceptors (Lipinski definition) is 2. The minimum absolute atomic E-state index is 0.167. The third-order valence-corrected chi connectivity index (χ3v) is 2.60. The van der Waals surface area contributed by atoms with E-state index in [1.807, 2.05) is 0 Å². The van der Waals surface area contributed by atoms with E-state index in [9.17, 15) is 0 Å². The van der Waals surface area contributed by atoms with E-state index in [0.717, 1.165) is 19.4 Å². The summed E-state index contributed by atoms with van der Waals surface area (Å²) in [6.45, 7) is 0.915. The van der Waals surface area contributed by atoms with Gasteiger partial charge in [0.05, 0.1) is 17.6 Å². The summed E-state index contributed by atoms with van der Waals surface area (Å²) >= 11 is 0. The van der Waals surface area contributed by atoms with Crippen molar-refractivity contribution >= 4 is 0 Å². The molecule has 1 heterocycles. The van der Waals surface area contributed by atoms with Gasteiger partial charge < -0.3 is 4.74 Å². The van der Waals surface area contributed by atoms with Gasteiger partial charge in [0.15, 0.2) is 0 Å². The van der Waals surface area contributed by atoms with Crippen LogP contribution in [0.1, 0.15) is 25.7 Å². The van der Waals surface area contributed by atoms with Crippen LogP contribution in [0.25, 0.3) is 0 Å². The molecule has 2 nitrogen and oxygen atoms in total. The van der Waals surface area contributed by atoms with E-state index < -0.39 is 0 Å². The molecule has 1 saturated heterocycles. The smallest absolute Gasteiger partial charge is 0.0708 e. The maximum atomic E-state index is 8.52. The van der Waals surface area contributed by atoms with Gasteiger partial charge in [-0.25, -0.2) is 0 Å². The van der Waals surface area contributed by atoms with Gasteiger partial charge in [0.25, 0.3) is 0 Å². The van der Waals surface area contributed by atoms with Crippen molar-refractivity contribution in [2.45, 2.75) is 31.3 Å². The summed E-state index contributed by atoms with van der Waals surface area (Å²) in [5.41, 5.74) is 0.167. The lowest BCUT2D eigenvalue weighted by Gasteiger charge is -2.40. The van der Waals surface area contributed by atoms with E-state index >= 15 is 0 Å². The fraction of sp³-hybridized carbons (Fsp3) is 0.875. The van der Waals surface area contributed by atoms with Crippen molar-refractivity contribution in [2.24, 2.45) is 5.92 Å². The van der Waals surface area contributed by atoms with Crippen LogP contribution >= 0.6 is 0 Å². The minimum Gasteiger partial charge on any atom is -0.375 e. The second-order valence-corrected chi connectivity index (χ2v) is 3.37. The molecule has 0 aromatic heterocycles. The number of ether oxygens (including phenoxy) is 1. The summed E-state index contributed by atoms with van der Waals surface area (Å²) in [7, 11) is 0. The molecule has 1 aliphatic carbocycles. The normalized spacial score (nSPS) is 44.9. The fourth-order valence-electron chi connectivity index (χ4n) is 2.01. The SMILES string of the molecule is N#CC1CC2(CCCO2)C1. The van der Waals surface area contributed by atoms with Crippen LogP contribution in [0.4, 0.5) is 0 Å². The van der Waals surface area contributed by atoms with E-state index in [-0.39, 0.29) is 11.5 Å². The first-order valence-corrected chi connectivity index (χ1v) is 3.88. The zero-order chi connectivity index (χ0) is 7.03. The Hall–Kier alpha value is -0.550. The Morgan fingerprint density at radius 1 is 1.50 bits per heavy atom. The Bertz CT molecular complexity index is 168. The van der Waals surface area contributed by atoms with Crippen LogP contribution < -0.4 is 0 Å². The summed E-state index contributed by atoms with van der Waals surface area (Å²) in [5, 5.41) is 8.52. The Kier molecular flexibility index (Phi) is 1.21. The Labute approximate surface area is 60.8 Å². The van der Waals surface area contributed by atoms with Gasteiger partial charge in [-0.15, -0.1) is 0 Å². The van der Waals surface area contributed by atoms with Crippen molar-refractivity contribution in [2.75, 3.05) is 6.61 Å². The molecule has 0 amide bonds. The molecule has 0 N–H and O–H groups in total. The molecular weight excluding hydrogens is 126 g/mol. The van der Waals surface area contributed by atoms with Crippen LogP contribution in [-0.2, 0) is 4.74 Å². The standard InChI is InChI=1S/C8H11NO/c9-6-7-4-8(5-7)2-1-3-10-8/h7H,1-5H2. The van der Waals surface area contributed by atoms with E-state index in [1.54, 1.807) is 0 Å². The van der Waals surface area contributed by atoms with Gasteiger partial charge in [0.2, 0.25) is 0 Å². The van der Waals surface area contributed by atoms with Gasteiger partial charge in [0.1, 0.15) is 0 Å². The van der Waals surface area contributed by atoms with Gasteiger partial charge in [-0.05, 0) is 25.7 Å². The third-order valence-electron chi connectivity index (χ3n) is 2.60. The predicted molar refractivity (Wildman–Crippen MR) is 36.3 cm³/mol. The lowest BCUT2D eigenvalue weighted by molar-refractivity contribution is -0.0761. The lowest BCUT2D eigenvalue weighted by atomic mass is 9.70. The highest BCUT2D eigenvalue weighted by molar-refractivity contribution is 5.05. The molecule has 2 aliphatic rings. The molecule has 1 aliphatic heterocycles. The molecule has 1 spiro atoms. The topological polar surface area (TPSA) is 33.0 Å². The van der Waals surface area contributed by atoms with Crippen molar-refractivity contribution < 1.29 is 4.74 Å².